The number of esters is 3. The molecule has 1 atom stereocenters. The van der Waals surface area contributed by atoms with Gasteiger partial charge in [-0.3, -0.25) is 14.4 Å². The second kappa shape index (κ2) is 68.3. The highest BCUT2D eigenvalue weighted by atomic mass is 16.6. The number of carbonyl (C=O) groups excluding carboxylic acids is 3. The summed E-state index contributed by atoms with van der Waals surface area (Å²) < 4.78 is 16.9. The molecule has 1 unspecified atom stereocenters. The topological polar surface area (TPSA) is 78.9 Å². The molecule has 6 heteroatoms. The van der Waals surface area contributed by atoms with Gasteiger partial charge in [0, 0.05) is 19.3 Å². The van der Waals surface area contributed by atoms with Crippen LogP contribution in [0.15, 0.2) is 72.9 Å². The molecule has 80 heavy (non-hydrogen) atoms. The van der Waals surface area contributed by atoms with Crippen LogP contribution < -0.4 is 0 Å². The van der Waals surface area contributed by atoms with Crippen LogP contribution in [0.5, 0.6) is 0 Å². The molecule has 0 radical (unpaired) electrons. The Bertz CT molecular complexity index is 1470. The molecule has 0 saturated heterocycles. The molecule has 0 aliphatic carbocycles. The van der Waals surface area contributed by atoms with Gasteiger partial charge in [-0.15, -0.1) is 0 Å². The lowest BCUT2D eigenvalue weighted by Crippen LogP contribution is -2.30. The van der Waals surface area contributed by atoms with E-state index in [4.69, 9.17) is 14.2 Å². The second-order valence-corrected chi connectivity index (χ2v) is 23.4. The van der Waals surface area contributed by atoms with Gasteiger partial charge in [0.05, 0.1) is 0 Å². The summed E-state index contributed by atoms with van der Waals surface area (Å²) in [6.07, 6.45) is 89.5. The summed E-state index contributed by atoms with van der Waals surface area (Å²) in [6.45, 7) is 6.53. The predicted molar refractivity (Wildman–Crippen MR) is 348 cm³/mol. The number of hydrogen-bond acceptors (Lipinski definition) is 6. The van der Waals surface area contributed by atoms with E-state index >= 15 is 0 Å². The molecule has 0 aromatic heterocycles. The van der Waals surface area contributed by atoms with Crippen molar-refractivity contribution in [1.82, 2.24) is 0 Å². The van der Waals surface area contributed by atoms with Crippen LogP contribution in [0.4, 0.5) is 0 Å². The van der Waals surface area contributed by atoms with E-state index in [1.807, 2.05) is 0 Å². The van der Waals surface area contributed by atoms with Crippen LogP contribution in [-0.4, -0.2) is 37.2 Å². The molecule has 0 aliphatic rings. The Hall–Kier alpha value is -3.15. The highest BCUT2D eigenvalue weighted by Crippen LogP contribution is 2.18. The molecule has 0 aromatic rings. The highest BCUT2D eigenvalue weighted by molar-refractivity contribution is 5.71. The van der Waals surface area contributed by atoms with Gasteiger partial charge in [0.2, 0.25) is 0 Å². The van der Waals surface area contributed by atoms with Crippen molar-refractivity contribution in [3.8, 4) is 0 Å². The number of carbonyl (C=O) groups is 3. The summed E-state index contributed by atoms with van der Waals surface area (Å²) in [5.41, 5.74) is 0. The maximum atomic E-state index is 12.9. The number of ether oxygens (including phenoxy) is 3. The third-order valence-electron chi connectivity index (χ3n) is 15.4. The Morgan fingerprint density at radius 2 is 0.487 bits per heavy atom. The lowest BCUT2D eigenvalue weighted by Gasteiger charge is -2.18. The van der Waals surface area contributed by atoms with Crippen LogP contribution in [0.25, 0.3) is 0 Å². The van der Waals surface area contributed by atoms with E-state index < -0.39 is 6.10 Å². The predicted octanol–water partition coefficient (Wildman–Crippen LogP) is 24.1. The smallest absolute Gasteiger partial charge is 0.306 e. The zero-order valence-electron chi connectivity index (χ0n) is 53.3. The summed E-state index contributed by atoms with van der Waals surface area (Å²) in [5.74, 6) is -0.861. The Balaban J connectivity index is 4.04. The molecule has 0 amide bonds. The first-order chi connectivity index (χ1) is 39.5. The highest BCUT2D eigenvalue weighted by Gasteiger charge is 2.19. The fourth-order valence-corrected chi connectivity index (χ4v) is 10.2. The summed E-state index contributed by atoms with van der Waals surface area (Å²) >= 11 is 0. The third kappa shape index (κ3) is 65.7. The molecule has 0 rings (SSSR count). The van der Waals surface area contributed by atoms with Crippen molar-refractivity contribution < 1.29 is 28.6 Å². The Morgan fingerprint density at radius 3 is 0.787 bits per heavy atom. The van der Waals surface area contributed by atoms with Gasteiger partial charge in [0.15, 0.2) is 6.10 Å². The molecule has 0 aliphatic heterocycles. The maximum absolute atomic E-state index is 12.9. The zero-order chi connectivity index (χ0) is 57.8. The van der Waals surface area contributed by atoms with Crippen LogP contribution in [0, 0.1) is 0 Å². The molecule has 464 valence electrons. The summed E-state index contributed by atoms with van der Waals surface area (Å²) in [5, 5.41) is 0. The van der Waals surface area contributed by atoms with E-state index in [2.05, 4.69) is 93.7 Å². The Morgan fingerprint density at radius 1 is 0.263 bits per heavy atom. The molecule has 0 N–H and O–H groups in total. The normalized spacial score (nSPS) is 12.5. The zero-order valence-corrected chi connectivity index (χ0v) is 53.3. The minimum atomic E-state index is -0.775. The number of allylic oxidation sites excluding steroid dienone is 12. The van der Waals surface area contributed by atoms with Gasteiger partial charge in [-0.1, -0.05) is 325 Å². The summed E-state index contributed by atoms with van der Waals surface area (Å²) in [6, 6.07) is 0. The number of unbranched alkanes of at least 4 members (excludes halogenated alkanes) is 41. The van der Waals surface area contributed by atoms with Gasteiger partial charge < -0.3 is 14.2 Å². The van der Waals surface area contributed by atoms with Crippen molar-refractivity contribution in [3.05, 3.63) is 72.9 Å². The van der Waals surface area contributed by atoms with Gasteiger partial charge in [-0.25, -0.2) is 0 Å². The van der Waals surface area contributed by atoms with Gasteiger partial charge >= 0.3 is 17.9 Å². The van der Waals surface area contributed by atoms with Crippen LogP contribution in [0.3, 0.4) is 0 Å². The fourth-order valence-electron chi connectivity index (χ4n) is 10.2. The standard InChI is InChI=1S/C74H132O6/c1-4-7-10-13-16-19-22-24-26-28-29-30-31-32-33-34-35-36-37-38-39-40-41-42-43-44-45-47-48-50-52-55-58-61-64-67-73(76)79-70-71(69-78-72(75)66-63-60-57-54-21-18-15-12-9-6-3)80-74(77)68-65-62-59-56-53-51-49-46-27-25-23-20-17-14-11-8-5-2/h7,10,16-17,19-20,24-27,29-30,71H,4-6,8-9,11-15,18,21-23,28,31-70H2,1-3H3/b10-7-,19-16-,20-17-,26-24-,27-25-,30-29-. The maximum Gasteiger partial charge on any atom is 0.306 e. The third-order valence-corrected chi connectivity index (χ3v) is 15.4. The van der Waals surface area contributed by atoms with Gasteiger partial charge in [-0.05, 0) is 89.9 Å². The molecule has 0 spiro atoms. The van der Waals surface area contributed by atoms with Gasteiger partial charge in [0.25, 0.3) is 0 Å². The van der Waals surface area contributed by atoms with Crippen molar-refractivity contribution in [2.24, 2.45) is 0 Å². The average Bonchev–Trinajstić information content (AvgIpc) is 3.46. The molecule has 0 heterocycles. The van der Waals surface area contributed by atoms with Crippen LogP contribution >= 0.6 is 0 Å². The lowest BCUT2D eigenvalue weighted by molar-refractivity contribution is -0.167. The minimum absolute atomic E-state index is 0.0725. The van der Waals surface area contributed by atoms with E-state index in [1.54, 1.807) is 0 Å². The van der Waals surface area contributed by atoms with Crippen molar-refractivity contribution in [2.45, 2.75) is 367 Å². The molecule has 0 fully saturated rings. The van der Waals surface area contributed by atoms with E-state index in [0.29, 0.717) is 19.3 Å². The number of rotatable bonds is 64. The minimum Gasteiger partial charge on any atom is -0.462 e. The molecule has 0 bridgehead atoms. The first kappa shape index (κ1) is 76.9. The molecular weight excluding hydrogens is 985 g/mol. The Labute approximate surface area is 497 Å². The van der Waals surface area contributed by atoms with Crippen molar-refractivity contribution >= 4 is 17.9 Å². The Kier molecular flexibility index (Phi) is 65.7. The second-order valence-electron chi connectivity index (χ2n) is 23.4. The SMILES string of the molecule is CC/C=C\C/C=C\C/C=C\C/C=C\CCCCCCCCCCCCCCCCCCCCCCCCC(=O)OCC(COC(=O)CCCCCCCCCCCC)OC(=O)CCCCCCCCC/C=C\C/C=C\CCCCC. The van der Waals surface area contributed by atoms with E-state index in [-0.39, 0.29) is 31.1 Å². The summed E-state index contributed by atoms with van der Waals surface area (Å²) in [4.78, 5) is 38.3. The van der Waals surface area contributed by atoms with E-state index in [1.165, 1.54) is 225 Å². The molecule has 6 nitrogen and oxygen atoms in total. The molecular formula is C74H132O6. The van der Waals surface area contributed by atoms with E-state index in [0.717, 1.165) is 96.3 Å². The van der Waals surface area contributed by atoms with Crippen LogP contribution in [0.1, 0.15) is 361 Å². The average molecular weight is 1120 g/mol. The van der Waals surface area contributed by atoms with Gasteiger partial charge in [-0.2, -0.15) is 0 Å². The molecule has 0 saturated carbocycles. The van der Waals surface area contributed by atoms with Crippen molar-refractivity contribution in [2.75, 3.05) is 13.2 Å². The van der Waals surface area contributed by atoms with Crippen molar-refractivity contribution in [3.63, 3.8) is 0 Å². The lowest BCUT2D eigenvalue weighted by atomic mass is 10.0. The van der Waals surface area contributed by atoms with Crippen LogP contribution in [-0.2, 0) is 28.6 Å². The van der Waals surface area contributed by atoms with Crippen molar-refractivity contribution in [1.29, 1.82) is 0 Å². The molecule has 0 aromatic carbocycles. The monoisotopic (exact) mass is 1120 g/mol. The van der Waals surface area contributed by atoms with Crippen LogP contribution in [0.2, 0.25) is 0 Å². The first-order valence-corrected chi connectivity index (χ1v) is 34.9. The summed E-state index contributed by atoms with van der Waals surface area (Å²) in [7, 11) is 0. The first-order valence-electron chi connectivity index (χ1n) is 34.9. The fraction of sp³-hybridized carbons (Fsp3) is 0.797. The largest absolute Gasteiger partial charge is 0.462 e. The quantitative estimate of drug-likeness (QED) is 0.0261. The number of hydrogen-bond donors (Lipinski definition) is 0. The van der Waals surface area contributed by atoms with Gasteiger partial charge in [0.1, 0.15) is 13.2 Å². The van der Waals surface area contributed by atoms with E-state index in [9.17, 15) is 14.4 Å².